The van der Waals surface area contributed by atoms with Crippen LogP contribution in [-0.4, -0.2) is 82.1 Å². The highest BCUT2D eigenvalue weighted by molar-refractivity contribution is 4.82. The summed E-state index contributed by atoms with van der Waals surface area (Å²) < 4.78 is 15.7. The number of likely N-dealkylation sites (N-methyl/N-ethyl adjacent to an activating group) is 1. The van der Waals surface area contributed by atoms with Gasteiger partial charge in [0.15, 0.2) is 0 Å². The molecule has 0 saturated heterocycles. The fourth-order valence-corrected chi connectivity index (χ4v) is 12.0. The molecule has 0 rings (SSSR count). The SMILES string of the molecule is CCCCCCCC/C=C\CCCCCCCC(CCCCCCCCCCCCCC)OCC(C[N+](C)(C)CCCN(C)C)OC(CCCCCCC/C=C\CCCCCCCC)CCCCCCCCCCCCCC.[Br-]. The van der Waals surface area contributed by atoms with Gasteiger partial charge in [0.05, 0.1) is 39.5 Å². The Morgan fingerprint density at radius 1 is 0.316 bits per heavy atom. The Labute approximate surface area is 510 Å². The first-order valence-corrected chi connectivity index (χ1v) is 36.3. The smallest absolute Gasteiger partial charge is 0.130 e. The summed E-state index contributed by atoms with van der Waals surface area (Å²) in [4.78, 5) is 2.35. The Kier molecular flexibility index (Phi) is 68.5. The summed E-state index contributed by atoms with van der Waals surface area (Å²) in [6.45, 7) is 13.4. The predicted molar refractivity (Wildman–Crippen MR) is 354 cm³/mol. The molecular weight excluding hydrogens is 1030 g/mol. The van der Waals surface area contributed by atoms with E-state index in [1.54, 1.807) is 0 Å². The van der Waals surface area contributed by atoms with Crippen LogP contribution in [0.15, 0.2) is 24.3 Å². The van der Waals surface area contributed by atoms with Crippen molar-refractivity contribution < 1.29 is 30.9 Å². The Bertz CT molecular complexity index is 1170. The monoisotopic (exact) mass is 1180 g/mol. The summed E-state index contributed by atoms with van der Waals surface area (Å²) in [5.74, 6) is 0. The van der Waals surface area contributed by atoms with Gasteiger partial charge in [-0.05, 0) is 91.1 Å². The van der Waals surface area contributed by atoms with Crippen molar-refractivity contribution in [3.63, 3.8) is 0 Å². The van der Waals surface area contributed by atoms with Crippen molar-refractivity contribution in [1.29, 1.82) is 0 Å². The Hall–Kier alpha value is -0.200. The second-order valence-electron chi connectivity index (χ2n) is 26.4. The van der Waals surface area contributed by atoms with E-state index >= 15 is 0 Å². The molecule has 0 aliphatic rings. The molecule has 3 atom stereocenters. The lowest BCUT2D eigenvalue weighted by Gasteiger charge is -2.36. The van der Waals surface area contributed by atoms with E-state index in [2.05, 4.69) is 85.1 Å². The summed E-state index contributed by atoms with van der Waals surface area (Å²) in [7, 11) is 9.38. The first-order valence-electron chi connectivity index (χ1n) is 36.3. The third-order valence-corrected chi connectivity index (χ3v) is 17.3. The number of ether oxygens (including phenoxy) is 2. The van der Waals surface area contributed by atoms with Crippen LogP contribution in [0.1, 0.15) is 381 Å². The number of nitrogens with zero attached hydrogens (tertiary/aromatic N) is 2. The van der Waals surface area contributed by atoms with Crippen molar-refractivity contribution in [3.05, 3.63) is 24.3 Å². The minimum Gasteiger partial charge on any atom is -1.00 e. The van der Waals surface area contributed by atoms with Gasteiger partial charge in [0.1, 0.15) is 12.6 Å². The molecule has 0 aromatic rings. The highest BCUT2D eigenvalue weighted by Gasteiger charge is 2.27. The zero-order valence-electron chi connectivity index (χ0n) is 55.8. The highest BCUT2D eigenvalue weighted by Crippen LogP contribution is 2.23. The fraction of sp³-hybridized carbons (Fsp3) is 0.946. The van der Waals surface area contributed by atoms with Crippen LogP contribution in [0.25, 0.3) is 0 Å². The topological polar surface area (TPSA) is 21.7 Å². The van der Waals surface area contributed by atoms with Crippen LogP contribution >= 0.6 is 0 Å². The molecule has 5 heteroatoms. The standard InChI is InChI=1S/C74H149N2O2.BrH/c1-9-13-17-21-25-29-33-37-39-41-45-48-52-56-60-65-72(64-59-55-51-47-43-35-31-27-23-19-15-11-3)77-71-74(70-76(7,8)69-63-68-75(5)6)78-73(66-61-57-53-49-44-36-32-28-24-20-16-12-4)67-62-58-54-50-46-42-40-38-34-30-26-22-18-14-10-2;/h37-40,72-74H,9-36,41-71H2,1-8H3;1H/q+1;/p-1/b39-37-,40-38-;. The molecule has 0 aromatic heterocycles. The number of hydrogen-bond acceptors (Lipinski definition) is 3. The molecule has 0 aliphatic carbocycles. The lowest BCUT2D eigenvalue weighted by molar-refractivity contribution is -0.893. The zero-order chi connectivity index (χ0) is 56.8. The molecular formula is C74H149BrN2O2. The van der Waals surface area contributed by atoms with Crippen LogP contribution < -0.4 is 17.0 Å². The first kappa shape index (κ1) is 80.9. The number of halogens is 1. The van der Waals surface area contributed by atoms with Gasteiger partial charge in [-0.15, -0.1) is 0 Å². The molecule has 79 heavy (non-hydrogen) atoms. The summed E-state index contributed by atoms with van der Waals surface area (Å²) in [5, 5.41) is 0. The molecule has 4 nitrogen and oxygen atoms in total. The van der Waals surface area contributed by atoms with Gasteiger partial charge in [-0.1, -0.05) is 322 Å². The molecule has 474 valence electrons. The minimum absolute atomic E-state index is 0. The van der Waals surface area contributed by atoms with Crippen molar-refractivity contribution in [3.8, 4) is 0 Å². The Morgan fingerprint density at radius 3 is 0.848 bits per heavy atom. The van der Waals surface area contributed by atoms with Crippen LogP contribution in [0.3, 0.4) is 0 Å². The maximum atomic E-state index is 7.47. The average Bonchev–Trinajstić information content (AvgIpc) is 3.42. The van der Waals surface area contributed by atoms with Crippen LogP contribution in [0.2, 0.25) is 0 Å². The molecule has 0 aliphatic heterocycles. The van der Waals surface area contributed by atoms with Gasteiger partial charge in [0.25, 0.3) is 0 Å². The van der Waals surface area contributed by atoms with E-state index in [1.165, 1.54) is 360 Å². The Balaban J connectivity index is 0. The molecule has 0 aromatic carbocycles. The van der Waals surface area contributed by atoms with E-state index in [-0.39, 0.29) is 23.1 Å². The first-order chi connectivity index (χ1) is 38.3. The number of rotatable bonds is 67. The van der Waals surface area contributed by atoms with E-state index in [1.807, 2.05) is 0 Å². The van der Waals surface area contributed by atoms with E-state index in [0.29, 0.717) is 12.2 Å². The van der Waals surface area contributed by atoms with Crippen molar-refractivity contribution >= 4 is 0 Å². The van der Waals surface area contributed by atoms with Crippen molar-refractivity contribution in [2.45, 2.75) is 399 Å². The van der Waals surface area contributed by atoms with Gasteiger partial charge in [-0.3, -0.25) is 0 Å². The third-order valence-electron chi connectivity index (χ3n) is 17.3. The lowest BCUT2D eigenvalue weighted by Crippen LogP contribution is -3.00. The minimum atomic E-state index is 0. The highest BCUT2D eigenvalue weighted by atomic mass is 79.9. The maximum absolute atomic E-state index is 7.47. The van der Waals surface area contributed by atoms with E-state index in [0.717, 1.165) is 24.2 Å². The number of unbranched alkanes of at least 4 members (excludes halogenated alkanes) is 44. The molecule has 0 amide bonds. The molecule has 0 saturated carbocycles. The molecule has 3 unspecified atom stereocenters. The van der Waals surface area contributed by atoms with Gasteiger partial charge in [0.2, 0.25) is 0 Å². The quantitative estimate of drug-likeness (QED) is 0.0344. The van der Waals surface area contributed by atoms with Crippen molar-refractivity contribution in [2.24, 2.45) is 0 Å². The number of hydrogen-bond donors (Lipinski definition) is 0. The zero-order valence-corrected chi connectivity index (χ0v) is 57.4. The van der Waals surface area contributed by atoms with E-state index < -0.39 is 0 Å². The van der Waals surface area contributed by atoms with Crippen molar-refractivity contribution in [2.75, 3.05) is 54.4 Å². The Morgan fingerprint density at radius 2 is 0.570 bits per heavy atom. The summed E-state index contributed by atoms with van der Waals surface area (Å²) >= 11 is 0. The second kappa shape index (κ2) is 66.9. The van der Waals surface area contributed by atoms with E-state index in [9.17, 15) is 0 Å². The normalized spacial score (nSPS) is 13.4. The average molecular weight is 1180 g/mol. The van der Waals surface area contributed by atoms with E-state index in [4.69, 9.17) is 9.47 Å². The fourth-order valence-electron chi connectivity index (χ4n) is 12.0. The van der Waals surface area contributed by atoms with Gasteiger partial charge >= 0.3 is 0 Å². The van der Waals surface area contributed by atoms with Gasteiger partial charge < -0.3 is 35.8 Å². The van der Waals surface area contributed by atoms with Crippen LogP contribution in [0.5, 0.6) is 0 Å². The predicted octanol–water partition coefficient (Wildman–Crippen LogP) is 21.4. The number of quaternary nitrogens is 1. The molecule has 0 spiro atoms. The largest absolute Gasteiger partial charge is 1.00 e. The summed E-state index contributed by atoms with van der Waals surface area (Å²) in [6, 6.07) is 0. The van der Waals surface area contributed by atoms with Gasteiger partial charge in [-0.25, -0.2) is 0 Å². The van der Waals surface area contributed by atoms with Crippen LogP contribution in [-0.2, 0) is 9.47 Å². The molecule has 0 heterocycles. The second-order valence-corrected chi connectivity index (χ2v) is 26.4. The molecule has 0 N–H and O–H groups in total. The summed E-state index contributed by atoms with van der Waals surface area (Å²) in [5.41, 5.74) is 0. The molecule has 0 radical (unpaired) electrons. The molecule has 0 fully saturated rings. The van der Waals surface area contributed by atoms with Gasteiger partial charge in [0, 0.05) is 13.0 Å². The number of allylic oxidation sites excluding steroid dienone is 4. The van der Waals surface area contributed by atoms with Crippen LogP contribution in [0.4, 0.5) is 0 Å². The van der Waals surface area contributed by atoms with Crippen molar-refractivity contribution in [1.82, 2.24) is 4.90 Å². The molecule has 0 bridgehead atoms. The van der Waals surface area contributed by atoms with Gasteiger partial charge in [-0.2, -0.15) is 0 Å². The summed E-state index contributed by atoms with van der Waals surface area (Å²) in [6.07, 6.45) is 86.2. The third kappa shape index (κ3) is 65.2. The maximum Gasteiger partial charge on any atom is 0.130 e. The lowest BCUT2D eigenvalue weighted by atomic mass is 10.0. The van der Waals surface area contributed by atoms with Crippen LogP contribution in [0, 0.1) is 0 Å².